The number of hydrogen-bond acceptors (Lipinski definition) is 2. The van der Waals surface area contributed by atoms with Gasteiger partial charge in [-0.2, -0.15) is 0 Å². The van der Waals surface area contributed by atoms with E-state index in [1.807, 2.05) is 0 Å². The summed E-state index contributed by atoms with van der Waals surface area (Å²) in [5.41, 5.74) is 25.0. The zero-order chi connectivity index (χ0) is 33.6. The number of anilines is 2. The summed E-state index contributed by atoms with van der Waals surface area (Å²) >= 11 is 0. The predicted octanol–water partition coefficient (Wildman–Crippen LogP) is 13.0. The van der Waals surface area contributed by atoms with E-state index >= 15 is 0 Å². The van der Waals surface area contributed by atoms with Gasteiger partial charge in [-0.05, 0) is 102 Å². The average Bonchev–Trinajstić information content (AvgIpc) is 3.07. The molecule has 4 aromatic rings. The van der Waals surface area contributed by atoms with Crippen LogP contribution >= 0.6 is 0 Å². The molecule has 2 unspecified atom stereocenters. The van der Waals surface area contributed by atoms with Gasteiger partial charge >= 0.3 is 0 Å². The molecule has 0 saturated carbocycles. The standard InChI is InChI=1S/C45H62N2/c1-6-9-10-11-12-13-14-15-18-43(35-19-23-37(24-20-35)44(16-7-2)41-29-27-39(46)31-33(41)4)36-21-25-38(26-22-36)45(17-8-3)42-30-28-40(47)32-34(42)5/h19-32,43-45H,6-18,46-47H2,1-5H3. The van der Waals surface area contributed by atoms with Crippen LogP contribution in [0.15, 0.2) is 84.9 Å². The second-order valence-corrected chi connectivity index (χ2v) is 14.1. The van der Waals surface area contributed by atoms with Crippen molar-refractivity contribution >= 4 is 11.4 Å². The quantitative estimate of drug-likeness (QED) is 0.0800. The minimum absolute atomic E-state index is 0.396. The van der Waals surface area contributed by atoms with Crippen LogP contribution in [0.1, 0.15) is 167 Å². The zero-order valence-electron chi connectivity index (χ0n) is 30.2. The minimum Gasteiger partial charge on any atom is -0.399 e. The summed E-state index contributed by atoms with van der Waals surface area (Å²) in [5, 5.41) is 0. The summed E-state index contributed by atoms with van der Waals surface area (Å²) in [5.74, 6) is 1.20. The van der Waals surface area contributed by atoms with Crippen LogP contribution in [0.3, 0.4) is 0 Å². The lowest BCUT2D eigenvalue weighted by Crippen LogP contribution is -2.07. The van der Waals surface area contributed by atoms with E-state index in [2.05, 4.69) is 120 Å². The van der Waals surface area contributed by atoms with Crippen molar-refractivity contribution in [1.29, 1.82) is 0 Å². The van der Waals surface area contributed by atoms with Crippen LogP contribution in [0, 0.1) is 13.8 Å². The number of unbranched alkanes of at least 4 members (excludes halogenated alkanes) is 7. The molecule has 0 bridgehead atoms. The fourth-order valence-corrected chi connectivity index (χ4v) is 7.69. The summed E-state index contributed by atoms with van der Waals surface area (Å²) in [7, 11) is 0. The molecule has 0 fully saturated rings. The van der Waals surface area contributed by atoms with Crippen molar-refractivity contribution in [2.45, 2.75) is 136 Å². The highest BCUT2D eigenvalue weighted by Gasteiger charge is 2.20. The lowest BCUT2D eigenvalue weighted by Gasteiger charge is -2.24. The number of nitrogens with two attached hydrogens (primary N) is 2. The van der Waals surface area contributed by atoms with E-state index in [-0.39, 0.29) is 0 Å². The molecule has 0 aliphatic carbocycles. The maximum absolute atomic E-state index is 6.11. The van der Waals surface area contributed by atoms with Crippen molar-refractivity contribution in [3.8, 4) is 0 Å². The van der Waals surface area contributed by atoms with Crippen molar-refractivity contribution in [2.24, 2.45) is 0 Å². The van der Waals surface area contributed by atoms with E-state index in [0.717, 1.165) is 37.1 Å². The van der Waals surface area contributed by atoms with Crippen molar-refractivity contribution in [3.05, 3.63) is 129 Å². The van der Waals surface area contributed by atoms with Crippen LogP contribution < -0.4 is 11.5 Å². The third kappa shape index (κ3) is 10.2. The van der Waals surface area contributed by atoms with Gasteiger partial charge in [0, 0.05) is 29.1 Å². The lowest BCUT2D eigenvalue weighted by atomic mass is 9.81. The summed E-state index contributed by atoms with van der Waals surface area (Å²) in [6, 6.07) is 32.1. The fraction of sp³-hybridized carbons (Fsp3) is 0.467. The third-order valence-corrected chi connectivity index (χ3v) is 10.3. The van der Waals surface area contributed by atoms with E-state index in [1.54, 1.807) is 0 Å². The molecule has 4 N–H and O–H groups in total. The highest BCUT2D eigenvalue weighted by atomic mass is 14.5. The molecule has 47 heavy (non-hydrogen) atoms. The molecule has 0 amide bonds. The van der Waals surface area contributed by atoms with Gasteiger partial charge in [0.05, 0.1) is 0 Å². The third-order valence-electron chi connectivity index (χ3n) is 10.3. The molecule has 2 nitrogen and oxygen atoms in total. The Bertz CT molecular complexity index is 1380. The second-order valence-electron chi connectivity index (χ2n) is 14.1. The number of aryl methyl sites for hydroxylation is 2. The maximum Gasteiger partial charge on any atom is 0.0316 e. The minimum atomic E-state index is 0.396. The Balaban J connectivity index is 1.58. The number of rotatable bonds is 19. The van der Waals surface area contributed by atoms with Crippen LogP contribution in [0.25, 0.3) is 0 Å². The molecular weight excluding hydrogens is 569 g/mol. The van der Waals surface area contributed by atoms with Gasteiger partial charge in [-0.1, -0.05) is 146 Å². The normalized spacial score (nSPS) is 13.4. The first-order chi connectivity index (χ1) is 22.9. The maximum atomic E-state index is 6.11. The van der Waals surface area contributed by atoms with Crippen LogP contribution in [0.4, 0.5) is 11.4 Å². The van der Waals surface area contributed by atoms with Crippen molar-refractivity contribution in [3.63, 3.8) is 0 Å². The highest BCUT2D eigenvalue weighted by molar-refractivity contribution is 5.50. The Hall–Kier alpha value is -3.52. The Kier molecular flexibility index (Phi) is 14.5. The topological polar surface area (TPSA) is 52.0 Å². The van der Waals surface area contributed by atoms with E-state index in [0.29, 0.717) is 17.8 Å². The summed E-state index contributed by atoms with van der Waals surface area (Å²) in [6.45, 7) is 11.3. The molecule has 4 rings (SSSR count). The molecule has 252 valence electrons. The Morgan fingerprint density at radius 2 is 0.766 bits per heavy atom. The molecule has 0 aliphatic heterocycles. The molecule has 4 aromatic carbocycles. The fourth-order valence-electron chi connectivity index (χ4n) is 7.69. The molecular formula is C45H62N2. The molecule has 0 heterocycles. The Labute approximate surface area is 287 Å². The number of benzene rings is 4. The van der Waals surface area contributed by atoms with Gasteiger partial charge in [-0.3, -0.25) is 0 Å². The first-order valence-corrected chi connectivity index (χ1v) is 18.8. The van der Waals surface area contributed by atoms with Gasteiger partial charge in [-0.15, -0.1) is 0 Å². The van der Waals surface area contributed by atoms with Crippen LogP contribution in [-0.2, 0) is 0 Å². The van der Waals surface area contributed by atoms with Crippen molar-refractivity contribution in [2.75, 3.05) is 11.5 Å². The monoisotopic (exact) mass is 630 g/mol. The summed E-state index contributed by atoms with van der Waals surface area (Å²) < 4.78 is 0. The first kappa shape index (κ1) is 36.3. The van der Waals surface area contributed by atoms with Gasteiger partial charge in [0.25, 0.3) is 0 Å². The Morgan fingerprint density at radius 3 is 1.13 bits per heavy atom. The molecule has 0 saturated heterocycles. The largest absolute Gasteiger partial charge is 0.399 e. The van der Waals surface area contributed by atoms with E-state index < -0.39 is 0 Å². The average molecular weight is 631 g/mol. The van der Waals surface area contributed by atoms with Crippen molar-refractivity contribution in [1.82, 2.24) is 0 Å². The van der Waals surface area contributed by atoms with E-state index in [9.17, 15) is 0 Å². The van der Waals surface area contributed by atoms with Crippen LogP contribution in [0.5, 0.6) is 0 Å². The van der Waals surface area contributed by atoms with Crippen molar-refractivity contribution < 1.29 is 0 Å². The zero-order valence-corrected chi connectivity index (χ0v) is 30.2. The van der Waals surface area contributed by atoms with Gasteiger partial charge in [0.1, 0.15) is 0 Å². The molecule has 2 atom stereocenters. The van der Waals surface area contributed by atoms with E-state index in [4.69, 9.17) is 11.5 Å². The first-order valence-electron chi connectivity index (χ1n) is 18.8. The summed E-state index contributed by atoms with van der Waals surface area (Å²) in [4.78, 5) is 0. The van der Waals surface area contributed by atoms with Crippen LogP contribution in [-0.4, -0.2) is 0 Å². The molecule has 0 spiro atoms. The predicted molar refractivity (Wildman–Crippen MR) is 207 cm³/mol. The number of hydrogen-bond donors (Lipinski definition) is 2. The van der Waals surface area contributed by atoms with Crippen LogP contribution in [0.2, 0.25) is 0 Å². The van der Waals surface area contributed by atoms with Gasteiger partial charge in [-0.25, -0.2) is 0 Å². The molecule has 0 aliphatic rings. The smallest absolute Gasteiger partial charge is 0.0316 e. The molecule has 0 radical (unpaired) electrons. The van der Waals surface area contributed by atoms with Gasteiger partial charge in [0.2, 0.25) is 0 Å². The SMILES string of the molecule is CCCCCCCCCCC(c1ccc(C(CCC)c2ccc(N)cc2C)cc1)c1ccc(C(CCC)c2ccc(N)cc2C)cc1. The molecule has 2 heteroatoms. The Morgan fingerprint density at radius 1 is 0.404 bits per heavy atom. The van der Waals surface area contributed by atoms with Gasteiger partial charge < -0.3 is 11.5 Å². The lowest BCUT2D eigenvalue weighted by molar-refractivity contribution is 0.551. The molecule has 0 aromatic heterocycles. The van der Waals surface area contributed by atoms with Gasteiger partial charge in [0.15, 0.2) is 0 Å². The summed E-state index contributed by atoms with van der Waals surface area (Å²) in [6.07, 6.45) is 16.6. The second kappa shape index (κ2) is 18.7. The highest BCUT2D eigenvalue weighted by Crippen LogP contribution is 2.37. The number of nitrogen functional groups attached to an aromatic ring is 2. The van der Waals surface area contributed by atoms with E-state index in [1.165, 1.54) is 102 Å².